The molecule has 4 heteroatoms. The van der Waals surface area contributed by atoms with Crippen molar-refractivity contribution in [2.45, 2.75) is 0 Å². The summed E-state index contributed by atoms with van der Waals surface area (Å²) in [5, 5.41) is -0.114. The number of carbonyl (C=O) groups is 1. The second-order valence-electron chi connectivity index (χ2n) is 2.13. The summed E-state index contributed by atoms with van der Waals surface area (Å²) >= 11 is 5.46. The third-order valence-electron chi connectivity index (χ3n) is 1.39. The Labute approximate surface area is 73.9 Å². The van der Waals surface area contributed by atoms with E-state index in [1.807, 2.05) is 0 Å². The van der Waals surface area contributed by atoms with Gasteiger partial charge in [-0.15, -0.1) is 0 Å². The highest BCUT2D eigenvalue weighted by molar-refractivity contribution is 6.31. The van der Waals surface area contributed by atoms with Gasteiger partial charge >= 0.3 is 0 Å². The minimum absolute atomic E-state index is 0.0978. The fourth-order valence-electron chi connectivity index (χ4n) is 0.788. The van der Waals surface area contributed by atoms with Crippen LogP contribution in [0.3, 0.4) is 0 Å². The fraction of sp³-hybridized carbons (Fsp3) is 0.125. The maximum Gasteiger partial charge on any atom is 0.153 e. The lowest BCUT2D eigenvalue weighted by Crippen LogP contribution is -1.91. The summed E-state index contributed by atoms with van der Waals surface area (Å²) in [6.45, 7) is 0. The Morgan fingerprint density at radius 2 is 2.25 bits per heavy atom. The van der Waals surface area contributed by atoms with Gasteiger partial charge in [-0.2, -0.15) is 0 Å². The topological polar surface area (TPSA) is 26.3 Å². The van der Waals surface area contributed by atoms with Crippen LogP contribution in [0.2, 0.25) is 5.02 Å². The van der Waals surface area contributed by atoms with Gasteiger partial charge in [-0.1, -0.05) is 11.6 Å². The molecule has 1 rings (SSSR count). The molecule has 0 saturated heterocycles. The van der Waals surface area contributed by atoms with E-state index < -0.39 is 5.82 Å². The number of rotatable bonds is 2. The molecule has 0 heterocycles. The monoisotopic (exact) mass is 188 g/mol. The number of carbonyl (C=O) groups excluding carboxylic acids is 1. The summed E-state index contributed by atoms with van der Waals surface area (Å²) in [7, 11) is 1.41. The van der Waals surface area contributed by atoms with Crippen LogP contribution in [-0.2, 0) is 0 Å². The minimum atomic E-state index is -0.715. The Bertz CT molecular complexity index is 312. The van der Waals surface area contributed by atoms with E-state index in [-0.39, 0.29) is 10.6 Å². The Morgan fingerprint density at radius 1 is 1.58 bits per heavy atom. The van der Waals surface area contributed by atoms with Crippen molar-refractivity contribution in [3.05, 3.63) is 28.5 Å². The molecule has 2 nitrogen and oxygen atoms in total. The summed E-state index contributed by atoms with van der Waals surface area (Å²) in [4.78, 5) is 10.3. The Balaban J connectivity index is 3.28. The average molecular weight is 189 g/mol. The van der Waals surface area contributed by atoms with Gasteiger partial charge < -0.3 is 4.74 Å². The lowest BCUT2D eigenvalue weighted by molar-refractivity contribution is 0.111. The predicted molar refractivity (Wildman–Crippen MR) is 43.3 cm³/mol. The van der Waals surface area contributed by atoms with Crippen molar-refractivity contribution < 1.29 is 13.9 Å². The van der Waals surface area contributed by atoms with Crippen LogP contribution in [0.15, 0.2) is 12.1 Å². The van der Waals surface area contributed by atoms with Gasteiger partial charge in [0, 0.05) is 6.07 Å². The van der Waals surface area contributed by atoms with Gasteiger partial charge in [0.15, 0.2) is 12.1 Å². The molecule has 0 unspecified atom stereocenters. The number of ether oxygens (including phenoxy) is 1. The highest BCUT2D eigenvalue weighted by Gasteiger charge is 2.08. The van der Waals surface area contributed by atoms with E-state index in [0.29, 0.717) is 12.0 Å². The maximum atomic E-state index is 12.9. The van der Waals surface area contributed by atoms with Crippen LogP contribution < -0.4 is 4.74 Å². The largest absolute Gasteiger partial charge is 0.497 e. The van der Waals surface area contributed by atoms with Gasteiger partial charge in [-0.3, -0.25) is 4.79 Å². The highest BCUT2D eigenvalue weighted by Crippen LogP contribution is 2.23. The molecule has 0 saturated carbocycles. The van der Waals surface area contributed by atoms with Crippen molar-refractivity contribution in [3.8, 4) is 5.75 Å². The molecular formula is C8H6ClFO2. The van der Waals surface area contributed by atoms with Gasteiger partial charge in [0.25, 0.3) is 0 Å². The van der Waals surface area contributed by atoms with E-state index in [0.717, 1.165) is 0 Å². The lowest BCUT2D eigenvalue weighted by Gasteiger charge is -2.02. The fourth-order valence-corrected chi connectivity index (χ4v) is 1.00. The summed E-state index contributed by atoms with van der Waals surface area (Å²) in [5.74, 6) is -0.351. The number of aldehydes is 1. The van der Waals surface area contributed by atoms with Gasteiger partial charge in [-0.25, -0.2) is 4.39 Å². The molecule has 0 N–H and O–H groups in total. The molecule has 0 spiro atoms. The van der Waals surface area contributed by atoms with Crippen LogP contribution in [-0.4, -0.2) is 13.4 Å². The van der Waals surface area contributed by atoms with Gasteiger partial charge in [0.05, 0.1) is 17.7 Å². The van der Waals surface area contributed by atoms with Gasteiger partial charge in [0.1, 0.15) is 5.75 Å². The van der Waals surface area contributed by atoms with E-state index >= 15 is 0 Å². The second kappa shape index (κ2) is 3.54. The Hall–Kier alpha value is -1.09. The SMILES string of the molecule is COc1cc(Cl)c(F)c(C=O)c1. The molecule has 0 radical (unpaired) electrons. The van der Waals surface area contributed by atoms with Crippen LogP contribution in [0.1, 0.15) is 10.4 Å². The molecule has 1 aromatic carbocycles. The number of hydrogen-bond donors (Lipinski definition) is 0. The summed E-state index contributed by atoms with van der Waals surface area (Å²) in [6, 6.07) is 2.60. The second-order valence-corrected chi connectivity index (χ2v) is 2.54. The molecule has 0 amide bonds. The standard InChI is InChI=1S/C8H6ClFO2/c1-12-6-2-5(4-11)8(10)7(9)3-6/h2-4H,1H3. The van der Waals surface area contributed by atoms with E-state index in [1.165, 1.54) is 19.2 Å². The molecule has 1 aromatic rings. The number of halogens is 2. The molecular weight excluding hydrogens is 183 g/mol. The summed E-state index contributed by atoms with van der Waals surface area (Å²) in [5.41, 5.74) is -0.0978. The van der Waals surface area contributed by atoms with Crippen LogP contribution in [0.4, 0.5) is 4.39 Å². The third kappa shape index (κ3) is 1.56. The molecule has 0 atom stereocenters. The number of benzene rings is 1. The van der Waals surface area contributed by atoms with Crippen LogP contribution in [0.25, 0.3) is 0 Å². The molecule has 64 valence electrons. The first kappa shape index (κ1) is 9.00. The van der Waals surface area contributed by atoms with Gasteiger partial charge in [0.2, 0.25) is 0 Å². The molecule has 0 aliphatic rings. The van der Waals surface area contributed by atoms with Crippen molar-refractivity contribution in [1.29, 1.82) is 0 Å². The molecule has 0 bridgehead atoms. The van der Waals surface area contributed by atoms with E-state index in [9.17, 15) is 9.18 Å². The molecule has 0 aliphatic carbocycles. The third-order valence-corrected chi connectivity index (χ3v) is 1.67. The van der Waals surface area contributed by atoms with E-state index in [2.05, 4.69) is 0 Å². The quantitative estimate of drug-likeness (QED) is 0.666. The lowest BCUT2D eigenvalue weighted by atomic mass is 10.2. The Morgan fingerprint density at radius 3 is 2.75 bits per heavy atom. The van der Waals surface area contributed by atoms with Crippen LogP contribution >= 0.6 is 11.6 Å². The summed E-state index contributed by atoms with van der Waals surface area (Å²) in [6.07, 6.45) is 0.393. The first-order valence-electron chi connectivity index (χ1n) is 3.17. The van der Waals surface area contributed by atoms with Crippen molar-refractivity contribution in [2.24, 2.45) is 0 Å². The molecule has 12 heavy (non-hydrogen) atoms. The first-order valence-corrected chi connectivity index (χ1v) is 3.55. The summed E-state index contributed by atoms with van der Waals surface area (Å²) < 4.78 is 17.7. The Kier molecular flexibility index (Phi) is 2.65. The van der Waals surface area contributed by atoms with Gasteiger partial charge in [-0.05, 0) is 6.07 Å². The van der Waals surface area contributed by atoms with Crippen LogP contribution in [0.5, 0.6) is 5.75 Å². The first-order chi connectivity index (χ1) is 5.69. The van der Waals surface area contributed by atoms with Crippen molar-refractivity contribution in [1.82, 2.24) is 0 Å². The van der Waals surface area contributed by atoms with Crippen molar-refractivity contribution in [3.63, 3.8) is 0 Å². The maximum absolute atomic E-state index is 12.9. The minimum Gasteiger partial charge on any atom is -0.497 e. The van der Waals surface area contributed by atoms with Crippen molar-refractivity contribution >= 4 is 17.9 Å². The van der Waals surface area contributed by atoms with E-state index in [4.69, 9.17) is 16.3 Å². The number of methoxy groups -OCH3 is 1. The average Bonchev–Trinajstić information content (AvgIpc) is 2.09. The van der Waals surface area contributed by atoms with E-state index in [1.54, 1.807) is 0 Å². The zero-order chi connectivity index (χ0) is 9.14. The predicted octanol–water partition coefficient (Wildman–Crippen LogP) is 2.30. The normalized spacial score (nSPS) is 9.58. The van der Waals surface area contributed by atoms with Crippen molar-refractivity contribution in [2.75, 3.05) is 7.11 Å². The zero-order valence-electron chi connectivity index (χ0n) is 6.30. The molecule has 0 aromatic heterocycles. The highest BCUT2D eigenvalue weighted by atomic mass is 35.5. The zero-order valence-corrected chi connectivity index (χ0v) is 7.06. The number of hydrogen-bond acceptors (Lipinski definition) is 2. The smallest absolute Gasteiger partial charge is 0.153 e. The molecule has 0 fully saturated rings. The molecule has 0 aliphatic heterocycles. The van der Waals surface area contributed by atoms with Crippen LogP contribution in [0, 0.1) is 5.82 Å².